The molecule has 0 heterocycles. The van der Waals surface area contributed by atoms with E-state index in [1.807, 2.05) is 0 Å². The standard InChI is InChI=1S/C5H9NO.C4H6O2.Na/c1-4-5(7)6(2)3;1-3(2)4(5)6;/h4H,1H2,2-3H3;1H2,2H3,(H,5,6);/q;;+1/p-1. The molecule has 0 aromatic heterocycles. The molecule has 0 atom stereocenters. The summed E-state index contributed by atoms with van der Waals surface area (Å²) >= 11 is 0. The average molecular weight is 207 g/mol. The predicted molar refractivity (Wildman–Crippen MR) is 48.7 cm³/mol. The van der Waals surface area contributed by atoms with Crippen molar-refractivity contribution in [2.24, 2.45) is 0 Å². The third-order valence-electron chi connectivity index (χ3n) is 0.964. The molecule has 0 bridgehead atoms. The minimum Gasteiger partial charge on any atom is -0.545 e. The molecular formula is C9H14NNaO3. The number of amides is 1. The van der Waals surface area contributed by atoms with Gasteiger partial charge in [-0.15, -0.1) is 0 Å². The summed E-state index contributed by atoms with van der Waals surface area (Å²) in [6.07, 6.45) is 1.28. The molecule has 0 aromatic carbocycles. The second kappa shape index (κ2) is 10.5. The number of carbonyl (C=O) groups is 2. The maximum absolute atomic E-state index is 10.3. The summed E-state index contributed by atoms with van der Waals surface area (Å²) < 4.78 is 0. The molecule has 0 aliphatic heterocycles. The minimum atomic E-state index is -1.19. The number of likely N-dealkylation sites (N-methyl/N-ethyl adjacent to an activating group) is 1. The van der Waals surface area contributed by atoms with Crippen LogP contribution in [-0.4, -0.2) is 30.9 Å². The van der Waals surface area contributed by atoms with Crippen molar-refractivity contribution in [1.29, 1.82) is 0 Å². The molecule has 0 aromatic rings. The number of rotatable bonds is 2. The normalized spacial score (nSPS) is 7.07. The van der Waals surface area contributed by atoms with Gasteiger partial charge in [0.15, 0.2) is 0 Å². The zero-order valence-corrected chi connectivity index (χ0v) is 11.2. The van der Waals surface area contributed by atoms with E-state index in [0.717, 1.165) is 0 Å². The van der Waals surface area contributed by atoms with Gasteiger partial charge in [-0.2, -0.15) is 0 Å². The van der Waals surface area contributed by atoms with Crippen LogP contribution in [0, 0.1) is 0 Å². The van der Waals surface area contributed by atoms with Crippen LogP contribution in [0.1, 0.15) is 6.92 Å². The Bertz CT molecular complexity index is 212. The average Bonchev–Trinajstić information content (AvgIpc) is 2.03. The Morgan fingerprint density at radius 3 is 1.64 bits per heavy atom. The number of hydrogen-bond donors (Lipinski definition) is 0. The van der Waals surface area contributed by atoms with E-state index < -0.39 is 5.97 Å². The van der Waals surface area contributed by atoms with Gasteiger partial charge in [0.05, 0.1) is 5.97 Å². The molecule has 0 spiro atoms. The summed E-state index contributed by atoms with van der Waals surface area (Å²) in [4.78, 5) is 21.3. The second-order valence-corrected chi connectivity index (χ2v) is 2.50. The van der Waals surface area contributed by atoms with Gasteiger partial charge in [0.25, 0.3) is 0 Å². The Morgan fingerprint density at radius 2 is 1.64 bits per heavy atom. The molecule has 4 nitrogen and oxygen atoms in total. The molecule has 0 unspecified atom stereocenters. The van der Waals surface area contributed by atoms with Crippen LogP contribution >= 0.6 is 0 Å². The van der Waals surface area contributed by atoms with E-state index in [0.29, 0.717) is 0 Å². The van der Waals surface area contributed by atoms with Crippen LogP contribution in [0.3, 0.4) is 0 Å². The summed E-state index contributed by atoms with van der Waals surface area (Å²) in [5.41, 5.74) is 0.0648. The van der Waals surface area contributed by atoms with Gasteiger partial charge >= 0.3 is 29.6 Å². The molecule has 74 valence electrons. The van der Waals surface area contributed by atoms with Gasteiger partial charge in [0.1, 0.15) is 0 Å². The molecule has 0 rings (SSSR count). The third-order valence-corrected chi connectivity index (χ3v) is 0.964. The van der Waals surface area contributed by atoms with Gasteiger partial charge in [-0.25, -0.2) is 0 Å². The Morgan fingerprint density at radius 1 is 1.36 bits per heavy atom. The molecule has 5 heteroatoms. The summed E-state index contributed by atoms with van der Waals surface area (Å²) in [6.45, 7) is 7.77. The summed E-state index contributed by atoms with van der Waals surface area (Å²) in [6, 6.07) is 0. The number of carbonyl (C=O) groups excluding carboxylic acids is 2. The first-order valence-electron chi connectivity index (χ1n) is 3.53. The molecular weight excluding hydrogens is 193 g/mol. The fourth-order valence-corrected chi connectivity index (χ4v) is 0.183. The monoisotopic (exact) mass is 207 g/mol. The van der Waals surface area contributed by atoms with Crippen molar-refractivity contribution in [3.05, 3.63) is 24.8 Å². The van der Waals surface area contributed by atoms with Crippen LogP contribution in [0.2, 0.25) is 0 Å². The van der Waals surface area contributed by atoms with E-state index in [2.05, 4.69) is 13.2 Å². The van der Waals surface area contributed by atoms with Gasteiger partial charge < -0.3 is 14.8 Å². The maximum Gasteiger partial charge on any atom is 1.00 e. The van der Waals surface area contributed by atoms with Gasteiger partial charge in [-0.3, -0.25) is 4.79 Å². The molecule has 0 aliphatic rings. The number of carboxylic acid groups (broad SMARTS) is 1. The zero-order chi connectivity index (χ0) is 11.0. The van der Waals surface area contributed by atoms with Gasteiger partial charge in [-0.1, -0.05) is 13.2 Å². The van der Waals surface area contributed by atoms with Crippen molar-refractivity contribution >= 4 is 11.9 Å². The van der Waals surface area contributed by atoms with Crippen molar-refractivity contribution in [1.82, 2.24) is 4.90 Å². The molecule has 0 fully saturated rings. The first-order chi connectivity index (χ1) is 5.82. The zero-order valence-electron chi connectivity index (χ0n) is 9.16. The molecule has 1 amide bonds. The number of aliphatic carboxylic acids is 1. The summed E-state index contributed by atoms with van der Waals surface area (Å²) in [7, 11) is 3.37. The maximum atomic E-state index is 10.3. The largest absolute Gasteiger partial charge is 1.00 e. The quantitative estimate of drug-likeness (QED) is 0.350. The van der Waals surface area contributed by atoms with Crippen LogP contribution in [-0.2, 0) is 9.59 Å². The Balaban J connectivity index is -0.000000163. The van der Waals surface area contributed by atoms with Gasteiger partial charge in [0.2, 0.25) is 5.91 Å². The smallest absolute Gasteiger partial charge is 0.545 e. The summed E-state index contributed by atoms with van der Waals surface area (Å²) in [5.74, 6) is -1.24. The topological polar surface area (TPSA) is 60.4 Å². The van der Waals surface area contributed by atoms with Gasteiger partial charge in [-0.05, 0) is 18.6 Å². The molecule has 0 aliphatic carbocycles. The molecule has 0 N–H and O–H groups in total. The third kappa shape index (κ3) is 14.0. The van der Waals surface area contributed by atoms with E-state index in [9.17, 15) is 14.7 Å². The predicted octanol–water partition coefficient (Wildman–Crippen LogP) is -3.42. The Kier molecular flexibility index (Phi) is 14.3. The SMILES string of the molecule is C=C(C)C(=O)[O-].C=CC(=O)N(C)C.[Na+]. The minimum absolute atomic E-state index is 0. The number of nitrogens with zero attached hydrogens (tertiary/aromatic N) is 1. The molecule has 0 radical (unpaired) electrons. The first kappa shape index (κ1) is 19.1. The van der Waals surface area contributed by atoms with Crippen molar-refractivity contribution in [3.8, 4) is 0 Å². The molecule has 0 saturated carbocycles. The van der Waals surface area contributed by atoms with Crippen molar-refractivity contribution < 1.29 is 44.3 Å². The van der Waals surface area contributed by atoms with E-state index in [4.69, 9.17) is 0 Å². The van der Waals surface area contributed by atoms with Crippen molar-refractivity contribution in [3.63, 3.8) is 0 Å². The molecule has 14 heavy (non-hydrogen) atoms. The number of carboxylic acids is 1. The Labute approximate surface area is 107 Å². The molecule has 0 saturated heterocycles. The van der Waals surface area contributed by atoms with Crippen molar-refractivity contribution in [2.45, 2.75) is 6.92 Å². The fraction of sp³-hybridized carbons (Fsp3) is 0.333. The Hall–Kier alpha value is -0.580. The van der Waals surface area contributed by atoms with E-state index in [1.54, 1.807) is 14.1 Å². The fourth-order valence-electron chi connectivity index (χ4n) is 0.183. The van der Waals surface area contributed by atoms with Crippen LogP contribution in [0.4, 0.5) is 0 Å². The summed E-state index contributed by atoms with van der Waals surface area (Å²) in [5, 5.41) is 9.49. The van der Waals surface area contributed by atoms with E-state index >= 15 is 0 Å². The van der Waals surface area contributed by atoms with Crippen molar-refractivity contribution in [2.75, 3.05) is 14.1 Å². The second-order valence-electron chi connectivity index (χ2n) is 2.50. The van der Waals surface area contributed by atoms with Crippen LogP contribution in [0.5, 0.6) is 0 Å². The number of hydrogen-bond acceptors (Lipinski definition) is 3. The van der Waals surface area contributed by atoms with E-state index in [-0.39, 0.29) is 41.0 Å². The first-order valence-corrected chi connectivity index (χ1v) is 3.53. The van der Waals surface area contributed by atoms with Gasteiger partial charge in [0, 0.05) is 14.1 Å². The van der Waals surface area contributed by atoms with E-state index in [1.165, 1.54) is 17.9 Å². The van der Waals surface area contributed by atoms with Crippen LogP contribution in [0.25, 0.3) is 0 Å². The van der Waals surface area contributed by atoms with Crippen LogP contribution in [0.15, 0.2) is 24.8 Å². The van der Waals surface area contributed by atoms with Crippen LogP contribution < -0.4 is 34.7 Å².